The van der Waals surface area contributed by atoms with Crippen LogP contribution in [0.15, 0.2) is 60.8 Å². The molecule has 0 saturated carbocycles. The van der Waals surface area contributed by atoms with Gasteiger partial charge >= 0.3 is 17.9 Å². The van der Waals surface area contributed by atoms with Crippen molar-refractivity contribution in [3.05, 3.63) is 60.8 Å². The summed E-state index contributed by atoms with van der Waals surface area (Å²) in [6, 6.07) is 0. The standard InChI is InChI=1S/C52H90O6/c1-4-7-10-13-16-19-22-23-24-25-26-27-28-29-31-33-36-39-42-45-51(54)57-48-49(47-56-50(53)44-41-38-35-32-21-18-15-12-9-6-3)58-52(55)46-43-40-37-34-30-20-17-14-11-8-5-2/h7,10,15-16,18-19,23-24,26-27,49H,4-6,8-9,11-14,17,20-22,25,28-48H2,1-3H3/b10-7-,18-15-,19-16-,24-23-,27-26-. The van der Waals surface area contributed by atoms with Crippen LogP contribution in [-0.4, -0.2) is 37.2 Å². The molecule has 0 saturated heterocycles. The average molecular weight is 811 g/mol. The van der Waals surface area contributed by atoms with Crippen molar-refractivity contribution < 1.29 is 28.6 Å². The van der Waals surface area contributed by atoms with Gasteiger partial charge in [0, 0.05) is 19.3 Å². The molecule has 0 spiro atoms. The fourth-order valence-corrected chi connectivity index (χ4v) is 6.59. The molecule has 1 atom stereocenters. The highest BCUT2D eigenvalue weighted by atomic mass is 16.6. The van der Waals surface area contributed by atoms with Gasteiger partial charge in [-0.05, 0) is 77.0 Å². The summed E-state index contributed by atoms with van der Waals surface area (Å²) in [5, 5.41) is 0. The Bertz CT molecular complexity index is 1070. The van der Waals surface area contributed by atoms with Crippen LogP contribution in [0.3, 0.4) is 0 Å². The minimum absolute atomic E-state index is 0.0838. The Hall–Kier alpha value is -2.89. The summed E-state index contributed by atoms with van der Waals surface area (Å²) in [6.45, 7) is 6.45. The Balaban J connectivity index is 4.34. The van der Waals surface area contributed by atoms with Crippen molar-refractivity contribution in [2.45, 2.75) is 239 Å². The van der Waals surface area contributed by atoms with Crippen LogP contribution in [-0.2, 0) is 28.6 Å². The number of hydrogen-bond acceptors (Lipinski definition) is 6. The zero-order valence-corrected chi connectivity index (χ0v) is 38.0. The van der Waals surface area contributed by atoms with Gasteiger partial charge in [-0.25, -0.2) is 0 Å². The van der Waals surface area contributed by atoms with Gasteiger partial charge in [0.05, 0.1) is 0 Å². The van der Waals surface area contributed by atoms with Crippen LogP contribution < -0.4 is 0 Å². The molecule has 58 heavy (non-hydrogen) atoms. The van der Waals surface area contributed by atoms with Gasteiger partial charge in [-0.2, -0.15) is 0 Å². The molecule has 0 aromatic heterocycles. The summed E-state index contributed by atoms with van der Waals surface area (Å²) in [5.74, 6) is -0.910. The SMILES string of the molecule is CC/C=C\C/C=C\C/C=C\C/C=C\CCCCCCCCC(=O)OCC(COC(=O)CCCCCC/C=C\CCCC)OC(=O)CCCCCCCCCCCCC. The van der Waals surface area contributed by atoms with Gasteiger partial charge in [0.15, 0.2) is 6.10 Å². The number of rotatable bonds is 43. The predicted molar refractivity (Wildman–Crippen MR) is 247 cm³/mol. The van der Waals surface area contributed by atoms with E-state index in [4.69, 9.17) is 14.2 Å². The van der Waals surface area contributed by atoms with Crippen LogP contribution in [0.1, 0.15) is 233 Å². The molecular weight excluding hydrogens is 721 g/mol. The van der Waals surface area contributed by atoms with Crippen LogP contribution in [0.2, 0.25) is 0 Å². The molecular formula is C52H90O6. The molecule has 0 aromatic carbocycles. The molecule has 0 rings (SSSR count). The minimum atomic E-state index is -0.780. The molecule has 0 aromatic rings. The summed E-state index contributed by atoms with van der Waals surface area (Å²) >= 11 is 0. The summed E-state index contributed by atoms with van der Waals surface area (Å²) in [4.78, 5) is 37.8. The molecule has 6 nitrogen and oxygen atoms in total. The lowest BCUT2D eigenvalue weighted by atomic mass is 10.1. The van der Waals surface area contributed by atoms with Crippen LogP contribution in [0.4, 0.5) is 0 Å². The molecule has 0 aliphatic heterocycles. The molecule has 0 heterocycles. The number of allylic oxidation sites excluding steroid dienone is 10. The van der Waals surface area contributed by atoms with E-state index in [9.17, 15) is 14.4 Å². The number of unbranched alkanes of at least 4 members (excludes halogenated alkanes) is 22. The van der Waals surface area contributed by atoms with E-state index in [1.165, 1.54) is 83.5 Å². The summed E-state index contributed by atoms with van der Waals surface area (Å²) < 4.78 is 16.7. The first-order valence-electron chi connectivity index (χ1n) is 24.3. The van der Waals surface area contributed by atoms with E-state index in [1.807, 2.05) is 0 Å². The predicted octanol–water partition coefficient (Wildman–Crippen LogP) is 15.7. The van der Waals surface area contributed by atoms with E-state index in [-0.39, 0.29) is 31.1 Å². The zero-order chi connectivity index (χ0) is 42.3. The molecule has 0 fully saturated rings. The monoisotopic (exact) mass is 811 g/mol. The Morgan fingerprint density at radius 3 is 1.12 bits per heavy atom. The molecule has 0 N–H and O–H groups in total. The first kappa shape index (κ1) is 55.1. The number of esters is 3. The summed E-state index contributed by atoms with van der Waals surface area (Å²) in [5.41, 5.74) is 0. The normalized spacial score (nSPS) is 12.5. The second kappa shape index (κ2) is 46.8. The number of ether oxygens (including phenoxy) is 3. The van der Waals surface area contributed by atoms with Gasteiger partial charge in [0.25, 0.3) is 0 Å². The van der Waals surface area contributed by atoms with Crippen molar-refractivity contribution in [3.8, 4) is 0 Å². The third-order valence-electron chi connectivity index (χ3n) is 10.3. The van der Waals surface area contributed by atoms with Crippen molar-refractivity contribution in [1.82, 2.24) is 0 Å². The van der Waals surface area contributed by atoms with E-state index in [1.54, 1.807) is 0 Å². The van der Waals surface area contributed by atoms with Crippen molar-refractivity contribution in [2.75, 3.05) is 13.2 Å². The zero-order valence-electron chi connectivity index (χ0n) is 38.0. The van der Waals surface area contributed by atoms with Crippen molar-refractivity contribution >= 4 is 17.9 Å². The Labute approximate surface area is 358 Å². The van der Waals surface area contributed by atoms with Crippen molar-refractivity contribution in [3.63, 3.8) is 0 Å². The third-order valence-corrected chi connectivity index (χ3v) is 10.3. The fraction of sp³-hybridized carbons (Fsp3) is 0.750. The van der Waals surface area contributed by atoms with Gasteiger partial charge < -0.3 is 14.2 Å². The molecule has 0 amide bonds. The molecule has 0 aliphatic rings. The Kier molecular flexibility index (Phi) is 44.5. The lowest BCUT2D eigenvalue weighted by Crippen LogP contribution is -2.30. The fourth-order valence-electron chi connectivity index (χ4n) is 6.59. The largest absolute Gasteiger partial charge is 0.462 e. The maximum absolute atomic E-state index is 12.7. The maximum atomic E-state index is 12.7. The molecule has 1 unspecified atom stereocenters. The van der Waals surface area contributed by atoms with E-state index < -0.39 is 6.10 Å². The van der Waals surface area contributed by atoms with Gasteiger partial charge in [0.2, 0.25) is 0 Å². The highest BCUT2D eigenvalue weighted by Crippen LogP contribution is 2.14. The highest BCUT2D eigenvalue weighted by Gasteiger charge is 2.19. The van der Waals surface area contributed by atoms with Gasteiger partial charge in [-0.1, -0.05) is 197 Å². The second-order valence-corrected chi connectivity index (χ2v) is 16.0. The first-order chi connectivity index (χ1) is 28.5. The maximum Gasteiger partial charge on any atom is 0.306 e. The molecule has 0 radical (unpaired) electrons. The minimum Gasteiger partial charge on any atom is -0.462 e. The summed E-state index contributed by atoms with van der Waals surface area (Å²) in [6.07, 6.45) is 56.3. The molecule has 0 bridgehead atoms. The molecule has 0 aliphatic carbocycles. The number of carbonyl (C=O) groups excluding carboxylic acids is 3. The number of hydrogen-bond donors (Lipinski definition) is 0. The Morgan fingerprint density at radius 1 is 0.362 bits per heavy atom. The topological polar surface area (TPSA) is 78.9 Å². The van der Waals surface area contributed by atoms with E-state index in [2.05, 4.69) is 81.5 Å². The van der Waals surface area contributed by atoms with Crippen molar-refractivity contribution in [2.24, 2.45) is 0 Å². The molecule has 6 heteroatoms. The van der Waals surface area contributed by atoms with Gasteiger partial charge in [0.1, 0.15) is 13.2 Å². The quantitative estimate of drug-likeness (QED) is 0.0264. The van der Waals surface area contributed by atoms with E-state index in [0.29, 0.717) is 19.3 Å². The van der Waals surface area contributed by atoms with E-state index in [0.717, 1.165) is 109 Å². The lowest BCUT2D eigenvalue weighted by molar-refractivity contribution is -0.167. The van der Waals surface area contributed by atoms with Crippen LogP contribution in [0.25, 0.3) is 0 Å². The third kappa shape index (κ3) is 44.2. The van der Waals surface area contributed by atoms with Crippen molar-refractivity contribution in [1.29, 1.82) is 0 Å². The van der Waals surface area contributed by atoms with E-state index >= 15 is 0 Å². The van der Waals surface area contributed by atoms with Gasteiger partial charge in [-0.15, -0.1) is 0 Å². The highest BCUT2D eigenvalue weighted by molar-refractivity contribution is 5.71. The average Bonchev–Trinajstić information content (AvgIpc) is 3.22. The smallest absolute Gasteiger partial charge is 0.306 e. The molecule has 334 valence electrons. The lowest BCUT2D eigenvalue weighted by Gasteiger charge is -2.18. The number of carbonyl (C=O) groups is 3. The summed E-state index contributed by atoms with van der Waals surface area (Å²) in [7, 11) is 0. The second-order valence-electron chi connectivity index (χ2n) is 16.0. The van der Waals surface area contributed by atoms with Crippen LogP contribution >= 0.6 is 0 Å². The van der Waals surface area contributed by atoms with Crippen LogP contribution in [0.5, 0.6) is 0 Å². The first-order valence-corrected chi connectivity index (χ1v) is 24.3. The Morgan fingerprint density at radius 2 is 0.690 bits per heavy atom. The van der Waals surface area contributed by atoms with Gasteiger partial charge in [-0.3, -0.25) is 14.4 Å². The van der Waals surface area contributed by atoms with Crippen LogP contribution in [0, 0.1) is 0 Å².